The minimum absolute atomic E-state index is 0.115. The van der Waals surface area contributed by atoms with Crippen LogP contribution in [0.25, 0.3) is 0 Å². The van der Waals surface area contributed by atoms with Crippen molar-refractivity contribution in [2.75, 3.05) is 0 Å². The van der Waals surface area contributed by atoms with E-state index in [0.29, 0.717) is 6.54 Å². The number of carbonyl (C=O) groups excluding carboxylic acids is 1. The molecule has 1 aromatic heterocycles. The summed E-state index contributed by atoms with van der Waals surface area (Å²) < 4.78 is 0. The van der Waals surface area contributed by atoms with Gasteiger partial charge >= 0.3 is 6.03 Å². The minimum Gasteiger partial charge on any atom is -0.334 e. The summed E-state index contributed by atoms with van der Waals surface area (Å²) in [6, 6.07) is 13.9. The van der Waals surface area contributed by atoms with Crippen LogP contribution in [0.5, 0.6) is 0 Å². The highest BCUT2D eigenvalue weighted by molar-refractivity contribution is 5.75. The van der Waals surface area contributed by atoms with Gasteiger partial charge in [-0.05, 0) is 42.5 Å². The zero-order chi connectivity index (χ0) is 14.5. The summed E-state index contributed by atoms with van der Waals surface area (Å²) in [7, 11) is 0. The first-order valence-corrected chi connectivity index (χ1v) is 7.29. The number of aromatic nitrogens is 1. The first-order chi connectivity index (χ1) is 10.3. The number of nitrogens with zero attached hydrogens (tertiary/aromatic N) is 1. The molecule has 0 atom stereocenters. The molecule has 0 aliphatic heterocycles. The molecule has 1 heterocycles. The van der Waals surface area contributed by atoms with Crippen molar-refractivity contribution >= 4 is 6.03 Å². The molecule has 21 heavy (non-hydrogen) atoms. The molecule has 0 bridgehead atoms. The predicted octanol–water partition coefficient (Wildman–Crippen LogP) is 2.96. The summed E-state index contributed by atoms with van der Waals surface area (Å²) in [5.74, 6) is 0. The van der Waals surface area contributed by atoms with Crippen LogP contribution in [-0.2, 0) is 12.1 Å². The molecule has 3 rings (SSSR count). The fourth-order valence-electron chi connectivity index (χ4n) is 2.72. The largest absolute Gasteiger partial charge is 0.334 e. The summed E-state index contributed by atoms with van der Waals surface area (Å²) in [6.45, 7) is 0.513. The molecule has 1 aliphatic carbocycles. The molecular formula is C17H19N3O. The lowest BCUT2D eigenvalue weighted by molar-refractivity contribution is 0.177. The van der Waals surface area contributed by atoms with Crippen molar-refractivity contribution in [3.63, 3.8) is 0 Å². The van der Waals surface area contributed by atoms with Gasteiger partial charge in [0.15, 0.2) is 0 Å². The molecule has 4 heteroatoms. The number of rotatable bonds is 4. The van der Waals surface area contributed by atoms with Gasteiger partial charge in [0.25, 0.3) is 0 Å². The first kappa shape index (κ1) is 13.6. The highest BCUT2D eigenvalue weighted by atomic mass is 16.2. The SMILES string of the molecule is O=C(NCc1ccncc1)NC1(c2ccccc2)CCC1. The fraction of sp³-hybridized carbons (Fsp3) is 0.294. The highest BCUT2D eigenvalue weighted by Crippen LogP contribution is 2.40. The monoisotopic (exact) mass is 281 g/mol. The lowest BCUT2D eigenvalue weighted by atomic mass is 9.72. The Labute approximate surface area is 124 Å². The second-order valence-corrected chi connectivity index (χ2v) is 5.46. The maximum Gasteiger partial charge on any atom is 0.315 e. The number of nitrogens with one attached hydrogen (secondary N) is 2. The van der Waals surface area contributed by atoms with Gasteiger partial charge in [0.1, 0.15) is 0 Å². The number of amides is 2. The van der Waals surface area contributed by atoms with Crippen LogP contribution in [0.1, 0.15) is 30.4 Å². The van der Waals surface area contributed by atoms with Crippen molar-refractivity contribution in [1.82, 2.24) is 15.6 Å². The number of carbonyl (C=O) groups is 1. The molecule has 0 radical (unpaired) electrons. The molecular weight excluding hydrogens is 262 g/mol. The molecule has 1 aromatic carbocycles. The maximum absolute atomic E-state index is 12.2. The van der Waals surface area contributed by atoms with Crippen molar-refractivity contribution < 1.29 is 4.79 Å². The number of hydrogen-bond donors (Lipinski definition) is 2. The van der Waals surface area contributed by atoms with E-state index in [9.17, 15) is 4.79 Å². The van der Waals surface area contributed by atoms with Crippen molar-refractivity contribution in [2.24, 2.45) is 0 Å². The Hall–Kier alpha value is -2.36. The molecule has 108 valence electrons. The van der Waals surface area contributed by atoms with Gasteiger partial charge in [0.05, 0.1) is 5.54 Å². The second-order valence-electron chi connectivity index (χ2n) is 5.46. The Morgan fingerprint density at radius 1 is 1.10 bits per heavy atom. The molecule has 2 aromatic rings. The summed E-state index contributed by atoms with van der Waals surface area (Å²) in [5.41, 5.74) is 2.04. The number of benzene rings is 1. The number of hydrogen-bond acceptors (Lipinski definition) is 2. The molecule has 0 unspecified atom stereocenters. The molecule has 0 spiro atoms. The standard InChI is InChI=1S/C17H19N3O/c21-16(19-13-14-7-11-18-12-8-14)20-17(9-4-10-17)15-5-2-1-3-6-15/h1-3,5-8,11-12H,4,9-10,13H2,(H2,19,20,21). The van der Waals surface area contributed by atoms with Gasteiger partial charge in [0.2, 0.25) is 0 Å². The van der Waals surface area contributed by atoms with Crippen molar-refractivity contribution in [2.45, 2.75) is 31.3 Å². The van der Waals surface area contributed by atoms with Gasteiger partial charge in [-0.3, -0.25) is 4.98 Å². The summed E-state index contributed by atoms with van der Waals surface area (Å²) >= 11 is 0. The van der Waals surface area contributed by atoms with Crippen molar-refractivity contribution in [3.8, 4) is 0 Å². The van der Waals surface area contributed by atoms with Crippen LogP contribution in [0.4, 0.5) is 4.79 Å². The average Bonchev–Trinajstić information content (AvgIpc) is 2.51. The van der Waals surface area contributed by atoms with Crippen LogP contribution in [-0.4, -0.2) is 11.0 Å². The highest BCUT2D eigenvalue weighted by Gasteiger charge is 2.39. The van der Waals surface area contributed by atoms with Crippen LogP contribution in [0.3, 0.4) is 0 Å². The van der Waals surface area contributed by atoms with Crippen LogP contribution < -0.4 is 10.6 Å². The summed E-state index contributed by atoms with van der Waals surface area (Å²) in [6.07, 6.45) is 6.61. The van der Waals surface area contributed by atoms with Gasteiger partial charge in [-0.25, -0.2) is 4.79 Å². The zero-order valence-electron chi connectivity index (χ0n) is 11.9. The number of pyridine rings is 1. The lowest BCUT2D eigenvalue weighted by Crippen LogP contribution is -2.53. The van der Waals surface area contributed by atoms with Crippen molar-refractivity contribution in [3.05, 3.63) is 66.0 Å². The van der Waals surface area contributed by atoms with E-state index in [1.165, 1.54) is 5.56 Å². The summed E-state index contributed by atoms with van der Waals surface area (Å²) in [5, 5.41) is 6.07. The van der Waals surface area contributed by atoms with E-state index in [1.807, 2.05) is 30.3 Å². The average molecular weight is 281 g/mol. The predicted molar refractivity (Wildman–Crippen MR) is 81.6 cm³/mol. The third kappa shape index (κ3) is 3.05. The fourth-order valence-corrected chi connectivity index (χ4v) is 2.72. The summed E-state index contributed by atoms with van der Waals surface area (Å²) in [4.78, 5) is 16.1. The van der Waals surface area contributed by atoms with Gasteiger partial charge in [-0.1, -0.05) is 30.3 Å². The van der Waals surface area contributed by atoms with E-state index in [4.69, 9.17) is 0 Å². The van der Waals surface area contributed by atoms with Gasteiger partial charge in [0, 0.05) is 18.9 Å². The molecule has 2 amide bonds. The van der Waals surface area contributed by atoms with E-state index in [-0.39, 0.29) is 11.6 Å². The van der Waals surface area contributed by atoms with Crippen molar-refractivity contribution in [1.29, 1.82) is 0 Å². The van der Waals surface area contributed by atoms with E-state index < -0.39 is 0 Å². The Morgan fingerprint density at radius 2 is 1.81 bits per heavy atom. The normalized spacial score (nSPS) is 15.8. The molecule has 1 saturated carbocycles. The van der Waals surface area contributed by atoms with E-state index in [1.54, 1.807) is 12.4 Å². The Bertz CT molecular complexity index is 594. The van der Waals surface area contributed by atoms with Gasteiger partial charge in [-0.15, -0.1) is 0 Å². The lowest BCUT2D eigenvalue weighted by Gasteiger charge is -2.43. The van der Waals surface area contributed by atoms with E-state index >= 15 is 0 Å². The third-order valence-electron chi connectivity index (χ3n) is 4.09. The minimum atomic E-state index is -0.191. The molecule has 0 saturated heterocycles. The smallest absolute Gasteiger partial charge is 0.315 e. The molecule has 1 aliphatic rings. The van der Waals surface area contributed by atoms with Crippen LogP contribution in [0.2, 0.25) is 0 Å². The topological polar surface area (TPSA) is 54.0 Å². The van der Waals surface area contributed by atoms with Crippen LogP contribution >= 0.6 is 0 Å². The second kappa shape index (κ2) is 5.95. The Morgan fingerprint density at radius 3 is 2.43 bits per heavy atom. The first-order valence-electron chi connectivity index (χ1n) is 7.29. The maximum atomic E-state index is 12.2. The van der Waals surface area contributed by atoms with E-state index in [2.05, 4.69) is 27.8 Å². The molecule has 2 N–H and O–H groups in total. The molecule has 1 fully saturated rings. The Balaban J connectivity index is 1.61. The van der Waals surface area contributed by atoms with Crippen LogP contribution in [0.15, 0.2) is 54.9 Å². The third-order valence-corrected chi connectivity index (χ3v) is 4.09. The quantitative estimate of drug-likeness (QED) is 0.905. The molecule has 4 nitrogen and oxygen atoms in total. The van der Waals surface area contributed by atoms with Gasteiger partial charge < -0.3 is 10.6 Å². The zero-order valence-corrected chi connectivity index (χ0v) is 11.9. The van der Waals surface area contributed by atoms with Gasteiger partial charge in [-0.2, -0.15) is 0 Å². The number of urea groups is 1. The Kier molecular flexibility index (Phi) is 3.86. The van der Waals surface area contributed by atoms with Crippen LogP contribution in [0, 0.1) is 0 Å². The van der Waals surface area contributed by atoms with E-state index in [0.717, 1.165) is 24.8 Å².